The van der Waals surface area contributed by atoms with Gasteiger partial charge in [0.2, 0.25) is 5.91 Å². The van der Waals surface area contributed by atoms with Gasteiger partial charge in [-0.25, -0.2) is 14.6 Å². The average molecular weight is 504 g/mol. The number of nitrogens with one attached hydrogen (secondary N) is 1. The number of H-pyrrole nitrogens is 1. The molecule has 0 bridgehead atoms. The fourth-order valence-electron chi connectivity index (χ4n) is 5.83. The topological polar surface area (TPSA) is 126 Å². The Kier molecular flexibility index (Phi) is 5.58. The molecule has 3 aromatic rings. The monoisotopic (exact) mass is 503 g/mol. The van der Waals surface area contributed by atoms with E-state index >= 15 is 0 Å². The Morgan fingerprint density at radius 2 is 1.92 bits per heavy atom. The van der Waals surface area contributed by atoms with Gasteiger partial charge in [0.25, 0.3) is 11.7 Å². The van der Waals surface area contributed by atoms with Crippen LogP contribution in [-0.4, -0.2) is 85.4 Å². The number of aryl methyl sites for hydroxylation is 1. The van der Waals surface area contributed by atoms with Gasteiger partial charge in [-0.3, -0.25) is 14.4 Å². The van der Waals surface area contributed by atoms with Gasteiger partial charge in [-0.2, -0.15) is 5.10 Å². The smallest absolute Gasteiger partial charge is 0.295 e. The third-order valence-corrected chi connectivity index (χ3v) is 7.77. The van der Waals surface area contributed by atoms with Crippen LogP contribution in [0.4, 0.5) is 0 Å². The second kappa shape index (κ2) is 8.82. The van der Waals surface area contributed by atoms with Gasteiger partial charge in [0.05, 0.1) is 29.8 Å². The highest BCUT2D eigenvalue weighted by Crippen LogP contribution is 2.41. The summed E-state index contributed by atoms with van der Waals surface area (Å²) in [6.07, 6.45) is 11.5. The number of methoxy groups -OCH3 is 1. The molecular weight excluding hydrogens is 474 g/mol. The van der Waals surface area contributed by atoms with Crippen molar-refractivity contribution in [2.24, 2.45) is 5.41 Å². The first kappa shape index (κ1) is 23.4. The summed E-state index contributed by atoms with van der Waals surface area (Å²) in [6, 6.07) is 0. The zero-order valence-corrected chi connectivity index (χ0v) is 21.0. The van der Waals surface area contributed by atoms with Crippen LogP contribution in [0.2, 0.25) is 0 Å². The molecule has 1 spiro atoms. The van der Waals surface area contributed by atoms with Crippen molar-refractivity contribution < 1.29 is 19.1 Å². The fraction of sp³-hybridized carbons (Fsp3) is 0.462. The van der Waals surface area contributed by atoms with Gasteiger partial charge in [-0.05, 0) is 39.0 Å². The van der Waals surface area contributed by atoms with Gasteiger partial charge in [-0.1, -0.05) is 6.08 Å². The number of pyridine rings is 1. The molecule has 0 atom stereocenters. The molecule has 1 N–H and O–H groups in total. The van der Waals surface area contributed by atoms with Crippen LogP contribution in [0.15, 0.2) is 30.4 Å². The lowest BCUT2D eigenvalue weighted by Gasteiger charge is -2.47. The van der Waals surface area contributed by atoms with Crippen molar-refractivity contribution in [1.29, 1.82) is 0 Å². The first-order chi connectivity index (χ1) is 17.9. The molecule has 37 heavy (non-hydrogen) atoms. The van der Waals surface area contributed by atoms with Crippen LogP contribution < -0.4 is 4.74 Å². The molecule has 0 saturated carbocycles. The highest BCUT2D eigenvalue weighted by Gasteiger charge is 2.51. The number of ketones is 1. The Bertz CT molecular complexity index is 1450. The number of amides is 2. The van der Waals surface area contributed by atoms with E-state index in [0.717, 1.165) is 37.7 Å². The lowest BCUT2D eigenvalue weighted by atomic mass is 9.78. The molecule has 3 aliphatic rings. The minimum Gasteiger partial charge on any atom is -0.494 e. The summed E-state index contributed by atoms with van der Waals surface area (Å²) < 4.78 is 6.98. The van der Waals surface area contributed by atoms with Crippen LogP contribution in [0.3, 0.4) is 0 Å². The summed E-state index contributed by atoms with van der Waals surface area (Å²) in [6.45, 7) is 4.06. The number of aromatic amines is 1. The first-order valence-corrected chi connectivity index (χ1v) is 12.6. The van der Waals surface area contributed by atoms with E-state index in [0.29, 0.717) is 54.5 Å². The van der Waals surface area contributed by atoms with Gasteiger partial charge in [-0.15, -0.1) is 0 Å². The summed E-state index contributed by atoms with van der Waals surface area (Å²) in [5, 5.41) is 4.79. The molecule has 0 radical (unpaired) electrons. The number of ether oxygens (including phenoxy) is 1. The number of likely N-dealkylation sites (tertiary alicyclic amines) is 2. The molecule has 0 unspecified atom stereocenters. The predicted molar refractivity (Wildman–Crippen MR) is 133 cm³/mol. The number of rotatable bonds is 5. The van der Waals surface area contributed by atoms with E-state index in [4.69, 9.17) is 4.74 Å². The van der Waals surface area contributed by atoms with Crippen LogP contribution >= 0.6 is 0 Å². The number of nitrogens with zero attached hydrogens (tertiary/aromatic N) is 6. The quantitative estimate of drug-likeness (QED) is 0.418. The standard InChI is InChI=1S/C26H29N7O4/c1-16-29-15-33(30-16)23-21-20(19(37-2)11-28-23)18(10-27-21)22(34)25(36)32-13-26(14-32)8-9-31(12-26)24(35)17-6-4-3-5-7-17/h6,10-11,15,27H,3-5,7-9,12-14H2,1-2H3. The molecule has 2 saturated heterocycles. The molecule has 11 nitrogen and oxygen atoms in total. The van der Waals surface area contributed by atoms with Crippen molar-refractivity contribution in [1.82, 2.24) is 34.5 Å². The fourth-order valence-corrected chi connectivity index (χ4v) is 5.83. The predicted octanol–water partition coefficient (Wildman–Crippen LogP) is 2.20. The van der Waals surface area contributed by atoms with Crippen LogP contribution in [-0.2, 0) is 9.59 Å². The van der Waals surface area contributed by atoms with E-state index in [-0.39, 0.29) is 16.9 Å². The third-order valence-electron chi connectivity index (χ3n) is 7.77. The highest BCUT2D eigenvalue weighted by molar-refractivity contribution is 6.45. The number of hydrogen-bond donors (Lipinski definition) is 1. The summed E-state index contributed by atoms with van der Waals surface area (Å²) >= 11 is 0. The molecule has 3 aromatic heterocycles. The summed E-state index contributed by atoms with van der Waals surface area (Å²) in [5.74, 6) is 0.394. The second-order valence-corrected chi connectivity index (χ2v) is 10.3. The van der Waals surface area contributed by atoms with E-state index in [1.165, 1.54) is 30.5 Å². The minimum absolute atomic E-state index is 0.124. The van der Waals surface area contributed by atoms with Crippen LogP contribution in [0, 0.1) is 12.3 Å². The van der Waals surface area contributed by atoms with Crippen molar-refractivity contribution in [2.45, 2.75) is 39.0 Å². The number of hydrogen-bond acceptors (Lipinski definition) is 7. The summed E-state index contributed by atoms with van der Waals surface area (Å²) in [7, 11) is 1.49. The molecule has 1 aliphatic carbocycles. The maximum Gasteiger partial charge on any atom is 0.295 e. The normalized spacial score (nSPS) is 18.7. The van der Waals surface area contributed by atoms with Crippen molar-refractivity contribution >= 4 is 28.5 Å². The number of aromatic nitrogens is 5. The van der Waals surface area contributed by atoms with Crippen molar-refractivity contribution in [3.8, 4) is 11.6 Å². The average Bonchev–Trinajstić information content (AvgIpc) is 3.65. The van der Waals surface area contributed by atoms with Gasteiger partial charge >= 0.3 is 0 Å². The van der Waals surface area contributed by atoms with E-state index < -0.39 is 11.7 Å². The van der Waals surface area contributed by atoms with Crippen molar-refractivity contribution in [3.05, 3.63) is 41.8 Å². The largest absolute Gasteiger partial charge is 0.494 e. The number of allylic oxidation sites excluding steroid dienone is 1. The third kappa shape index (κ3) is 3.89. The Balaban J connectivity index is 1.18. The number of Topliss-reactive ketones (excluding diaryl/α,β-unsaturated/α-hetero) is 1. The first-order valence-electron chi connectivity index (χ1n) is 12.6. The summed E-state index contributed by atoms with van der Waals surface area (Å²) in [4.78, 5) is 54.6. The number of fused-ring (bicyclic) bond motifs is 1. The molecule has 2 fully saturated rings. The minimum atomic E-state index is -0.607. The maximum atomic E-state index is 13.4. The molecule has 2 amide bonds. The van der Waals surface area contributed by atoms with Gasteiger partial charge < -0.3 is 19.5 Å². The zero-order chi connectivity index (χ0) is 25.7. The molecule has 2 aliphatic heterocycles. The second-order valence-electron chi connectivity index (χ2n) is 10.3. The molecule has 5 heterocycles. The Morgan fingerprint density at radius 3 is 2.62 bits per heavy atom. The molecule has 11 heteroatoms. The summed E-state index contributed by atoms with van der Waals surface area (Å²) in [5.41, 5.74) is 1.56. The number of carbonyl (C=O) groups is 3. The SMILES string of the molecule is COc1cnc(-n2cnc(C)n2)c2[nH]cc(C(=O)C(=O)N3CC4(CCN(C(=O)C5=CCCCC5)C4)C3)c12. The molecular formula is C26H29N7O4. The molecule has 6 rings (SSSR count). The Morgan fingerprint density at radius 1 is 1.11 bits per heavy atom. The van der Waals surface area contributed by atoms with E-state index in [1.54, 1.807) is 11.8 Å². The van der Waals surface area contributed by atoms with Gasteiger partial charge in [0.15, 0.2) is 5.82 Å². The Labute approximate surface area is 213 Å². The van der Waals surface area contributed by atoms with Crippen LogP contribution in [0.1, 0.15) is 48.3 Å². The van der Waals surface area contributed by atoms with E-state index in [1.807, 2.05) is 4.90 Å². The van der Waals surface area contributed by atoms with E-state index in [2.05, 4.69) is 26.1 Å². The van der Waals surface area contributed by atoms with Gasteiger partial charge in [0.1, 0.15) is 17.9 Å². The van der Waals surface area contributed by atoms with E-state index in [9.17, 15) is 14.4 Å². The number of carbonyl (C=O) groups excluding carboxylic acids is 3. The molecule has 0 aromatic carbocycles. The maximum absolute atomic E-state index is 13.4. The zero-order valence-electron chi connectivity index (χ0n) is 21.0. The van der Waals surface area contributed by atoms with Gasteiger partial charge in [0, 0.05) is 43.4 Å². The van der Waals surface area contributed by atoms with Crippen molar-refractivity contribution in [3.63, 3.8) is 0 Å². The van der Waals surface area contributed by atoms with Crippen molar-refractivity contribution in [2.75, 3.05) is 33.3 Å². The highest BCUT2D eigenvalue weighted by atomic mass is 16.5. The van der Waals surface area contributed by atoms with Crippen LogP contribution in [0.25, 0.3) is 16.7 Å². The van der Waals surface area contributed by atoms with Crippen LogP contribution in [0.5, 0.6) is 5.75 Å². The lowest BCUT2D eigenvalue weighted by molar-refractivity contribution is -0.138. The lowest BCUT2D eigenvalue weighted by Crippen LogP contribution is -2.61. The molecule has 192 valence electrons. The Hall–Kier alpha value is -4.02.